The first-order valence-corrected chi connectivity index (χ1v) is 13.4. The molecule has 1 aromatic carbocycles. The molecule has 10 heteroatoms. The first-order chi connectivity index (χ1) is 11.4. The fourth-order valence-electron chi connectivity index (χ4n) is 3.02. The van der Waals surface area contributed by atoms with Crippen LogP contribution in [0.1, 0.15) is 25.1 Å². The van der Waals surface area contributed by atoms with Gasteiger partial charge in [0.2, 0.25) is 10.0 Å². The molecular formula is C16H21ClF3NO3SSi. The van der Waals surface area contributed by atoms with E-state index >= 15 is 0 Å². The van der Waals surface area contributed by atoms with Crippen LogP contribution in [0.3, 0.4) is 0 Å². The Kier molecular flexibility index (Phi) is 5.11. The van der Waals surface area contributed by atoms with E-state index in [1.165, 1.54) is 6.07 Å². The molecular weight excluding hydrogens is 407 g/mol. The number of halogens is 4. The van der Waals surface area contributed by atoms with Crippen molar-refractivity contribution in [2.24, 2.45) is 0 Å². The molecule has 2 aromatic rings. The van der Waals surface area contributed by atoms with Crippen molar-refractivity contribution >= 4 is 40.8 Å². The minimum atomic E-state index is -4.69. The molecule has 0 atom stereocenters. The number of benzene rings is 1. The Morgan fingerprint density at radius 3 is 2.08 bits per heavy atom. The molecule has 1 aromatic heterocycles. The highest BCUT2D eigenvalue weighted by atomic mass is 35.5. The number of fused-ring (bicyclic) bond motifs is 1. The molecule has 26 heavy (non-hydrogen) atoms. The van der Waals surface area contributed by atoms with E-state index < -0.39 is 40.7 Å². The molecule has 0 fully saturated rings. The van der Waals surface area contributed by atoms with Crippen LogP contribution in [0.15, 0.2) is 18.2 Å². The van der Waals surface area contributed by atoms with Crippen molar-refractivity contribution in [1.29, 1.82) is 0 Å². The van der Waals surface area contributed by atoms with Crippen LogP contribution in [0.5, 0.6) is 0 Å². The first kappa shape index (κ1) is 21.3. The average molecular weight is 428 g/mol. The van der Waals surface area contributed by atoms with Crippen LogP contribution in [0, 0.1) is 0 Å². The number of rotatable bonds is 4. The summed E-state index contributed by atoms with van der Waals surface area (Å²) in [5.41, 5.74) is -1.92. The SMILES string of the molecule is CC(C)(O[Si](C)(C)C)c1cc2cc(Cl)c(C(F)(F)F)cc2n1S(C)(=O)=O. The number of alkyl halides is 3. The van der Waals surface area contributed by atoms with Gasteiger partial charge in [0, 0.05) is 5.39 Å². The summed E-state index contributed by atoms with van der Waals surface area (Å²) < 4.78 is 71.4. The van der Waals surface area contributed by atoms with Crippen LogP contribution in [0.4, 0.5) is 13.2 Å². The van der Waals surface area contributed by atoms with Gasteiger partial charge in [-0.3, -0.25) is 0 Å². The van der Waals surface area contributed by atoms with E-state index in [9.17, 15) is 21.6 Å². The van der Waals surface area contributed by atoms with Gasteiger partial charge in [0.05, 0.1) is 33.7 Å². The third-order valence-electron chi connectivity index (χ3n) is 3.66. The lowest BCUT2D eigenvalue weighted by Gasteiger charge is -2.33. The smallest absolute Gasteiger partial charge is 0.407 e. The molecule has 2 rings (SSSR count). The second-order valence-corrected chi connectivity index (χ2v) is 14.3. The van der Waals surface area contributed by atoms with Crippen LogP contribution in [0.2, 0.25) is 24.7 Å². The van der Waals surface area contributed by atoms with E-state index in [1.54, 1.807) is 13.8 Å². The van der Waals surface area contributed by atoms with E-state index in [1.807, 2.05) is 19.6 Å². The summed E-state index contributed by atoms with van der Waals surface area (Å²) in [4.78, 5) is 0. The summed E-state index contributed by atoms with van der Waals surface area (Å²) >= 11 is 5.78. The Hall–Kier alpha value is -1.03. The number of hydrogen-bond acceptors (Lipinski definition) is 3. The van der Waals surface area contributed by atoms with Gasteiger partial charge in [-0.2, -0.15) is 13.2 Å². The van der Waals surface area contributed by atoms with Gasteiger partial charge < -0.3 is 4.43 Å². The number of hydrogen-bond donors (Lipinski definition) is 0. The second kappa shape index (κ2) is 6.25. The standard InChI is InChI=1S/C16H21ClF3NO3SSi/c1-15(2,24-26(4,5)6)14-8-10-7-12(17)11(16(18,19)20)9-13(10)21(14)25(3,22)23/h7-9H,1-6H3. The van der Waals surface area contributed by atoms with Crippen LogP contribution >= 0.6 is 11.6 Å². The van der Waals surface area contributed by atoms with Gasteiger partial charge in [-0.05, 0) is 51.7 Å². The topological polar surface area (TPSA) is 48.3 Å². The second-order valence-electron chi connectivity index (χ2n) is 7.67. The van der Waals surface area contributed by atoms with Crippen LogP contribution in [-0.2, 0) is 26.2 Å². The minimum Gasteiger partial charge on any atom is -0.407 e. The van der Waals surface area contributed by atoms with Crippen molar-refractivity contribution in [3.8, 4) is 0 Å². The zero-order valence-corrected chi connectivity index (χ0v) is 17.9. The maximum atomic E-state index is 13.2. The van der Waals surface area contributed by atoms with Crippen LogP contribution in [-0.4, -0.2) is 27.0 Å². The van der Waals surface area contributed by atoms with Crippen molar-refractivity contribution in [3.63, 3.8) is 0 Å². The van der Waals surface area contributed by atoms with Gasteiger partial charge in [0.25, 0.3) is 0 Å². The third-order valence-corrected chi connectivity index (χ3v) is 6.15. The monoisotopic (exact) mass is 427 g/mol. The van der Waals surface area contributed by atoms with Gasteiger partial charge in [0.15, 0.2) is 8.32 Å². The Labute approximate surface area is 157 Å². The molecule has 0 saturated carbocycles. The maximum Gasteiger partial charge on any atom is 0.417 e. The molecule has 0 aliphatic rings. The van der Waals surface area contributed by atoms with Gasteiger partial charge in [0.1, 0.15) is 0 Å². The summed E-state index contributed by atoms with van der Waals surface area (Å²) in [6, 6.07) is 3.42. The van der Waals surface area contributed by atoms with E-state index in [4.69, 9.17) is 16.0 Å². The fourth-order valence-corrected chi connectivity index (χ4v) is 6.08. The van der Waals surface area contributed by atoms with E-state index in [-0.39, 0.29) is 11.2 Å². The van der Waals surface area contributed by atoms with Crippen LogP contribution < -0.4 is 0 Å². The molecule has 4 nitrogen and oxygen atoms in total. The Bertz CT molecular complexity index is 960. The summed E-state index contributed by atoms with van der Waals surface area (Å²) in [6.07, 6.45) is -3.75. The highest BCUT2D eigenvalue weighted by molar-refractivity contribution is 7.89. The first-order valence-electron chi connectivity index (χ1n) is 7.77. The van der Waals surface area contributed by atoms with Crippen molar-refractivity contribution < 1.29 is 26.0 Å². The molecule has 0 aliphatic carbocycles. The maximum absolute atomic E-state index is 13.2. The van der Waals surface area contributed by atoms with Gasteiger partial charge in [-0.1, -0.05) is 11.6 Å². The van der Waals surface area contributed by atoms with Crippen LogP contribution in [0.25, 0.3) is 10.9 Å². The Balaban J connectivity index is 2.89. The van der Waals surface area contributed by atoms with Gasteiger partial charge in [-0.25, -0.2) is 12.4 Å². The van der Waals surface area contributed by atoms with E-state index in [0.717, 1.165) is 22.4 Å². The molecule has 0 spiro atoms. The predicted octanol–water partition coefficient (Wildman–Crippen LogP) is 5.21. The van der Waals surface area contributed by atoms with Crippen molar-refractivity contribution in [2.75, 3.05) is 6.26 Å². The normalized spacial score (nSPS) is 14.2. The summed E-state index contributed by atoms with van der Waals surface area (Å²) in [5, 5.41) is -0.179. The quantitative estimate of drug-likeness (QED) is 0.629. The van der Waals surface area contributed by atoms with Gasteiger partial charge >= 0.3 is 6.18 Å². The van der Waals surface area contributed by atoms with Gasteiger partial charge in [-0.15, -0.1) is 0 Å². The number of nitrogens with zero attached hydrogens (tertiary/aromatic N) is 1. The molecule has 0 saturated heterocycles. The Morgan fingerprint density at radius 1 is 1.12 bits per heavy atom. The summed E-state index contributed by atoms with van der Waals surface area (Å²) in [5.74, 6) is 0. The highest BCUT2D eigenvalue weighted by Gasteiger charge is 2.37. The highest BCUT2D eigenvalue weighted by Crippen LogP contribution is 2.40. The lowest BCUT2D eigenvalue weighted by molar-refractivity contribution is -0.137. The van der Waals surface area contributed by atoms with E-state index in [2.05, 4.69) is 0 Å². The van der Waals surface area contributed by atoms with Crippen molar-refractivity contribution in [1.82, 2.24) is 3.97 Å². The molecule has 0 amide bonds. The zero-order valence-electron chi connectivity index (χ0n) is 15.3. The fraction of sp³-hybridized carbons (Fsp3) is 0.500. The molecule has 0 N–H and O–H groups in total. The van der Waals surface area contributed by atoms with E-state index in [0.29, 0.717) is 5.39 Å². The zero-order chi connectivity index (χ0) is 20.3. The molecule has 0 bridgehead atoms. The molecule has 0 radical (unpaired) electrons. The molecule has 0 unspecified atom stereocenters. The van der Waals surface area contributed by atoms with Crippen molar-refractivity contribution in [3.05, 3.63) is 34.5 Å². The third kappa shape index (κ3) is 4.27. The lowest BCUT2D eigenvalue weighted by atomic mass is 10.1. The summed E-state index contributed by atoms with van der Waals surface area (Å²) in [6.45, 7) is 9.24. The summed E-state index contributed by atoms with van der Waals surface area (Å²) in [7, 11) is -5.96. The predicted molar refractivity (Wildman–Crippen MR) is 99.6 cm³/mol. The Morgan fingerprint density at radius 2 is 1.65 bits per heavy atom. The molecule has 1 heterocycles. The lowest BCUT2D eigenvalue weighted by Crippen LogP contribution is -2.38. The molecule has 0 aliphatic heterocycles. The number of aromatic nitrogens is 1. The van der Waals surface area contributed by atoms with Crippen molar-refractivity contribution in [2.45, 2.75) is 45.3 Å². The minimum absolute atomic E-state index is 0.0773. The molecule has 146 valence electrons. The average Bonchev–Trinajstić information content (AvgIpc) is 2.72. The largest absolute Gasteiger partial charge is 0.417 e.